The highest BCUT2D eigenvalue weighted by Crippen LogP contribution is 2.24. The Morgan fingerprint density at radius 2 is 2.39 bits per heavy atom. The first-order chi connectivity index (χ1) is 8.61. The van der Waals surface area contributed by atoms with E-state index in [2.05, 4.69) is 5.32 Å². The number of carbonyl (C=O) groups is 1. The molecule has 0 saturated heterocycles. The number of aryl methyl sites for hydroxylation is 1. The number of hydrogen-bond donors (Lipinski definition) is 2. The van der Waals surface area contributed by atoms with Crippen LogP contribution >= 0.6 is 11.3 Å². The van der Waals surface area contributed by atoms with Crippen LogP contribution in [0.1, 0.15) is 39.4 Å². The van der Waals surface area contributed by atoms with Crippen molar-refractivity contribution in [2.45, 2.75) is 44.9 Å². The lowest BCUT2D eigenvalue weighted by molar-refractivity contribution is 0.0702. The summed E-state index contributed by atoms with van der Waals surface area (Å²) in [4.78, 5) is 12.4. The van der Waals surface area contributed by atoms with Gasteiger partial charge in [-0.1, -0.05) is 0 Å². The Bertz CT molecular complexity index is 430. The van der Waals surface area contributed by atoms with Crippen molar-refractivity contribution in [2.75, 3.05) is 7.11 Å². The van der Waals surface area contributed by atoms with Gasteiger partial charge in [0.2, 0.25) is 0 Å². The van der Waals surface area contributed by atoms with Crippen LogP contribution in [0.25, 0.3) is 0 Å². The van der Waals surface area contributed by atoms with Gasteiger partial charge in [-0.25, -0.2) is 4.79 Å². The van der Waals surface area contributed by atoms with Gasteiger partial charge in [-0.3, -0.25) is 0 Å². The van der Waals surface area contributed by atoms with E-state index < -0.39 is 5.97 Å². The van der Waals surface area contributed by atoms with E-state index in [0.29, 0.717) is 17.0 Å². The molecule has 0 bridgehead atoms. The van der Waals surface area contributed by atoms with E-state index in [-0.39, 0.29) is 0 Å². The fourth-order valence-electron chi connectivity index (χ4n) is 2.48. The summed E-state index contributed by atoms with van der Waals surface area (Å²) in [5.74, 6) is -0.843. The molecule has 1 aromatic heterocycles. The first-order valence-corrected chi connectivity index (χ1v) is 7.02. The number of rotatable bonds is 5. The quantitative estimate of drug-likeness (QED) is 0.862. The number of carboxylic acids is 1. The molecular formula is C13H19NO3S. The molecule has 1 saturated carbocycles. The number of thiophene rings is 1. The van der Waals surface area contributed by atoms with Gasteiger partial charge < -0.3 is 15.2 Å². The number of aromatic carboxylic acids is 1. The van der Waals surface area contributed by atoms with Crippen molar-refractivity contribution in [1.29, 1.82) is 0 Å². The number of nitrogens with one attached hydrogen (secondary N) is 1. The lowest BCUT2D eigenvalue weighted by Gasteiger charge is -2.19. The van der Waals surface area contributed by atoms with E-state index in [9.17, 15) is 4.79 Å². The largest absolute Gasteiger partial charge is 0.477 e. The zero-order valence-electron chi connectivity index (χ0n) is 10.7. The van der Waals surface area contributed by atoms with E-state index in [1.165, 1.54) is 17.8 Å². The maximum Gasteiger partial charge on any atom is 0.345 e. The number of carboxylic acid groups (broad SMARTS) is 1. The van der Waals surface area contributed by atoms with Gasteiger partial charge >= 0.3 is 5.97 Å². The van der Waals surface area contributed by atoms with Gasteiger partial charge in [-0.2, -0.15) is 0 Å². The van der Waals surface area contributed by atoms with Crippen molar-refractivity contribution in [3.05, 3.63) is 21.4 Å². The van der Waals surface area contributed by atoms with Crippen LogP contribution in [-0.2, 0) is 11.3 Å². The SMILES string of the molecule is COC1CCCC1NCc1cc(C(=O)O)sc1C. The molecule has 1 aliphatic carbocycles. The van der Waals surface area contributed by atoms with Crippen molar-refractivity contribution in [3.63, 3.8) is 0 Å². The summed E-state index contributed by atoms with van der Waals surface area (Å²) in [6, 6.07) is 2.16. The van der Waals surface area contributed by atoms with Gasteiger partial charge in [0.1, 0.15) is 4.88 Å². The predicted molar refractivity (Wildman–Crippen MR) is 71.3 cm³/mol. The molecule has 2 N–H and O–H groups in total. The molecule has 2 atom stereocenters. The van der Waals surface area contributed by atoms with E-state index >= 15 is 0 Å². The average molecular weight is 269 g/mol. The van der Waals surface area contributed by atoms with Crippen LogP contribution in [0.2, 0.25) is 0 Å². The maximum atomic E-state index is 10.9. The van der Waals surface area contributed by atoms with E-state index in [1.54, 1.807) is 13.2 Å². The lowest BCUT2D eigenvalue weighted by Crippen LogP contribution is -2.36. The smallest absolute Gasteiger partial charge is 0.345 e. The van der Waals surface area contributed by atoms with Crippen LogP contribution < -0.4 is 5.32 Å². The third kappa shape index (κ3) is 2.91. The van der Waals surface area contributed by atoms with Gasteiger partial charge in [0.05, 0.1) is 6.10 Å². The molecule has 18 heavy (non-hydrogen) atoms. The summed E-state index contributed by atoms with van der Waals surface area (Å²) in [7, 11) is 1.75. The third-order valence-corrected chi connectivity index (χ3v) is 4.62. The second kappa shape index (κ2) is 5.82. The predicted octanol–water partition coefficient (Wildman–Crippen LogP) is 2.41. The summed E-state index contributed by atoms with van der Waals surface area (Å²) >= 11 is 1.34. The second-order valence-corrected chi connectivity index (χ2v) is 5.95. The van der Waals surface area contributed by atoms with E-state index in [1.807, 2.05) is 6.92 Å². The molecule has 5 heteroatoms. The topological polar surface area (TPSA) is 58.6 Å². The van der Waals surface area contributed by atoms with Crippen molar-refractivity contribution in [2.24, 2.45) is 0 Å². The Labute approximate surface area is 111 Å². The summed E-state index contributed by atoms with van der Waals surface area (Å²) in [5, 5.41) is 12.4. The zero-order valence-corrected chi connectivity index (χ0v) is 11.5. The van der Waals surface area contributed by atoms with E-state index in [4.69, 9.17) is 9.84 Å². The molecule has 1 fully saturated rings. The van der Waals surface area contributed by atoms with E-state index in [0.717, 1.165) is 29.8 Å². The molecule has 0 aliphatic heterocycles. The average Bonchev–Trinajstić information content (AvgIpc) is 2.92. The Balaban J connectivity index is 1.95. The number of ether oxygens (including phenoxy) is 1. The Hall–Kier alpha value is -0.910. The van der Waals surface area contributed by atoms with Crippen molar-refractivity contribution in [3.8, 4) is 0 Å². The molecule has 0 amide bonds. The minimum absolute atomic E-state index is 0.294. The van der Waals surface area contributed by atoms with Crippen molar-refractivity contribution in [1.82, 2.24) is 5.32 Å². The molecule has 0 radical (unpaired) electrons. The van der Waals surface area contributed by atoms with Crippen LogP contribution in [0, 0.1) is 6.92 Å². The van der Waals surface area contributed by atoms with Crippen molar-refractivity contribution < 1.29 is 14.6 Å². The summed E-state index contributed by atoms with van der Waals surface area (Å²) < 4.78 is 5.43. The van der Waals surface area contributed by atoms with Gasteiger partial charge in [-0.05, 0) is 37.8 Å². The zero-order chi connectivity index (χ0) is 13.1. The number of hydrogen-bond acceptors (Lipinski definition) is 4. The molecule has 0 spiro atoms. The summed E-state index contributed by atoms with van der Waals surface area (Å²) in [6.07, 6.45) is 3.73. The molecular weight excluding hydrogens is 250 g/mol. The van der Waals surface area contributed by atoms with Crippen molar-refractivity contribution >= 4 is 17.3 Å². The van der Waals surface area contributed by atoms with Gasteiger partial charge in [0, 0.05) is 24.6 Å². The molecule has 0 aromatic carbocycles. The van der Waals surface area contributed by atoms with Crippen LogP contribution in [0.15, 0.2) is 6.07 Å². The molecule has 4 nitrogen and oxygen atoms in total. The fraction of sp³-hybridized carbons (Fsp3) is 0.615. The van der Waals surface area contributed by atoms with Crippen LogP contribution in [0.4, 0.5) is 0 Å². The molecule has 100 valence electrons. The molecule has 1 aromatic rings. The van der Waals surface area contributed by atoms with Crippen LogP contribution in [-0.4, -0.2) is 30.3 Å². The summed E-state index contributed by atoms with van der Waals surface area (Å²) in [5.41, 5.74) is 1.08. The monoisotopic (exact) mass is 269 g/mol. The Kier molecular flexibility index (Phi) is 4.37. The highest BCUT2D eigenvalue weighted by Gasteiger charge is 2.26. The van der Waals surface area contributed by atoms with Crippen LogP contribution in [0.3, 0.4) is 0 Å². The normalized spacial score (nSPS) is 23.4. The minimum atomic E-state index is -0.843. The van der Waals surface area contributed by atoms with Gasteiger partial charge in [0.15, 0.2) is 0 Å². The molecule has 1 aliphatic rings. The molecule has 1 heterocycles. The Morgan fingerprint density at radius 1 is 1.61 bits per heavy atom. The minimum Gasteiger partial charge on any atom is -0.477 e. The highest BCUT2D eigenvalue weighted by atomic mass is 32.1. The number of methoxy groups -OCH3 is 1. The third-order valence-electron chi connectivity index (χ3n) is 3.54. The highest BCUT2D eigenvalue weighted by molar-refractivity contribution is 7.14. The first kappa shape index (κ1) is 13.5. The standard InChI is InChI=1S/C13H19NO3S/c1-8-9(6-12(18-8)13(15)16)7-14-10-4-3-5-11(10)17-2/h6,10-11,14H,3-5,7H2,1-2H3,(H,15,16). The first-order valence-electron chi connectivity index (χ1n) is 6.20. The van der Waals surface area contributed by atoms with Gasteiger partial charge in [-0.15, -0.1) is 11.3 Å². The summed E-state index contributed by atoms with van der Waals surface area (Å²) in [6.45, 7) is 2.69. The Morgan fingerprint density at radius 3 is 3.00 bits per heavy atom. The molecule has 2 rings (SSSR count). The lowest BCUT2D eigenvalue weighted by atomic mass is 10.2. The molecule has 2 unspecified atom stereocenters. The van der Waals surface area contributed by atoms with Crippen LogP contribution in [0.5, 0.6) is 0 Å². The maximum absolute atomic E-state index is 10.9. The fourth-order valence-corrected chi connectivity index (χ4v) is 3.36. The second-order valence-electron chi connectivity index (χ2n) is 4.69. The van der Waals surface area contributed by atoms with Gasteiger partial charge in [0.25, 0.3) is 0 Å².